The lowest BCUT2D eigenvalue weighted by molar-refractivity contribution is -0.135. The molecular weight excluding hydrogens is 362 g/mol. The number of likely N-dealkylation sites (N-methyl/N-ethyl adjacent to an activating group) is 1. The van der Waals surface area contributed by atoms with E-state index in [-0.39, 0.29) is 18.6 Å². The van der Waals surface area contributed by atoms with Gasteiger partial charge in [-0.2, -0.15) is 5.26 Å². The highest BCUT2D eigenvalue weighted by molar-refractivity contribution is 7.18. The quantitative estimate of drug-likeness (QED) is 0.633. The van der Waals surface area contributed by atoms with Crippen LogP contribution in [0.3, 0.4) is 0 Å². The zero-order valence-corrected chi connectivity index (χ0v) is 15.7. The van der Waals surface area contributed by atoms with Crippen LogP contribution in [0.4, 0.5) is 0 Å². The van der Waals surface area contributed by atoms with Crippen molar-refractivity contribution in [2.45, 2.75) is 13.0 Å². The van der Waals surface area contributed by atoms with Gasteiger partial charge in [0.2, 0.25) is 0 Å². The van der Waals surface area contributed by atoms with Gasteiger partial charge in [0.25, 0.3) is 5.91 Å². The molecule has 3 rings (SSSR count). The molecule has 6 nitrogen and oxygen atoms in total. The second-order valence-corrected chi connectivity index (χ2v) is 7.03. The first kappa shape index (κ1) is 18.5. The lowest BCUT2D eigenvalue weighted by Crippen LogP contribution is -2.33. The first-order valence-corrected chi connectivity index (χ1v) is 9.09. The SMILES string of the molecule is C[C@@H](c1nc2ccccc2s1)N(C)C(=O)COC(=O)c1ccc(C#N)cc1. The minimum Gasteiger partial charge on any atom is -0.452 e. The number of benzene rings is 2. The maximum Gasteiger partial charge on any atom is 0.338 e. The second-order valence-electron chi connectivity index (χ2n) is 5.97. The summed E-state index contributed by atoms with van der Waals surface area (Å²) in [6, 6.07) is 15.6. The molecular formula is C20H17N3O3S. The summed E-state index contributed by atoms with van der Waals surface area (Å²) >= 11 is 1.54. The van der Waals surface area contributed by atoms with Crippen molar-refractivity contribution in [1.82, 2.24) is 9.88 Å². The molecule has 0 spiro atoms. The summed E-state index contributed by atoms with van der Waals surface area (Å²) in [6.07, 6.45) is 0. The Kier molecular flexibility index (Phi) is 5.48. The second kappa shape index (κ2) is 7.98. The van der Waals surface area contributed by atoms with Crippen molar-refractivity contribution >= 4 is 33.4 Å². The van der Waals surface area contributed by atoms with Crippen LogP contribution in [0.15, 0.2) is 48.5 Å². The van der Waals surface area contributed by atoms with E-state index in [4.69, 9.17) is 10.00 Å². The van der Waals surface area contributed by atoms with E-state index in [1.807, 2.05) is 37.3 Å². The molecule has 0 aliphatic heterocycles. The number of rotatable bonds is 5. The topological polar surface area (TPSA) is 83.3 Å². The summed E-state index contributed by atoms with van der Waals surface area (Å²) in [7, 11) is 1.66. The first-order chi connectivity index (χ1) is 13.0. The lowest BCUT2D eigenvalue weighted by Gasteiger charge is -2.23. The molecule has 1 atom stereocenters. The van der Waals surface area contributed by atoms with Crippen molar-refractivity contribution in [3.63, 3.8) is 0 Å². The standard InChI is InChI=1S/C20H17N3O3S/c1-13(19-22-16-5-3-4-6-17(16)27-19)23(2)18(24)12-26-20(25)15-9-7-14(11-21)8-10-15/h3-10,13H,12H2,1-2H3/t13-/m0/s1. The van der Waals surface area contributed by atoms with E-state index in [1.54, 1.807) is 7.05 Å². The molecule has 0 N–H and O–H groups in total. The molecule has 27 heavy (non-hydrogen) atoms. The number of hydrogen-bond donors (Lipinski definition) is 0. The molecule has 0 saturated heterocycles. The van der Waals surface area contributed by atoms with E-state index in [9.17, 15) is 9.59 Å². The monoisotopic (exact) mass is 379 g/mol. The van der Waals surface area contributed by atoms with Crippen molar-refractivity contribution in [3.8, 4) is 6.07 Å². The molecule has 0 bridgehead atoms. The molecule has 0 radical (unpaired) electrons. The number of fused-ring (bicyclic) bond motifs is 1. The number of carbonyl (C=O) groups excluding carboxylic acids is 2. The highest BCUT2D eigenvalue weighted by Crippen LogP contribution is 2.28. The molecule has 2 aromatic carbocycles. The van der Waals surface area contributed by atoms with Crippen molar-refractivity contribution in [3.05, 3.63) is 64.7 Å². The summed E-state index contributed by atoms with van der Waals surface area (Å²) in [6.45, 7) is 1.53. The van der Waals surface area contributed by atoms with Crippen molar-refractivity contribution in [2.24, 2.45) is 0 Å². The Morgan fingerprint density at radius 2 is 1.93 bits per heavy atom. The maximum atomic E-state index is 12.4. The summed E-state index contributed by atoms with van der Waals surface area (Å²) in [4.78, 5) is 30.5. The third-order valence-corrected chi connectivity index (χ3v) is 5.43. The van der Waals surface area contributed by atoms with Crippen molar-refractivity contribution < 1.29 is 14.3 Å². The number of aromatic nitrogens is 1. The Bertz CT molecular complexity index is 988. The average molecular weight is 379 g/mol. The molecule has 136 valence electrons. The predicted molar refractivity (Wildman–Crippen MR) is 102 cm³/mol. The summed E-state index contributed by atoms with van der Waals surface area (Å²) in [5.74, 6) is -0.919. The van der Waals surface area contributed by atoms with E-state index in [1.165, 1.54) is 40.5 Å². The normalized spacial score (nSPS) is 11.6. The van der Waals surface area contributed by atoms with Gasteiger partial charge in [-0.1, -0.05) is 12.1 Å². The molecule has 0 unspecified atom stereocenters. The van der Waals surface area contributed by atoms with Gasteiger partial charge in [-0.3, -0.25) is 4.79 Å². The number of hydrogen-bond acceptors (Lipinski definition) is 6. The molecule has 0 aliphatic carbocycles. The fourth-order valence-corrected chi connectivity index (χ4v) is 3.51. The number of para-hydroxylation sites is 1. The Hall–Kier alpha value is -3.24. The van der Waals surface area contributed by atoms with Gasteiger partial charge in [-0.25, -0.2) is 9.78 Å². The van der Waals surface area contributed by atoms with E-state index >= 15 is 0 Å². The number of esters is 1. The molecule has 0 saturated carbocycles. The first-order valence-electron chi connectivity index (χ1n) is 8.28. The van der Waals surface area contributed by atoms with Crippen molar-refractivity contribution in [1.29, 1.82) is 5.26 Å². The summed E-state index contributed by atoms with van der Waals surface area (Å²) < 4.78 is 6.16. The number of ether oxygens (including phenoxy) is 1. The van der Waals surface area contributed by atoms with Crippen LogP contribution in [0.2, 0.25) is 0 Å². The molecule has 1 amide bonds. The number of nitriles is 1. The molecule has 1 aromatic heterocycles. The van der Waals surface area contributed by atoms with Gasteiger partial charge in [0, 0.05) is 7.05 Å². The molecule has 0 aliphatic rings. The fraction of sp³-hybridized carbons (Fsp3) is 0.200. The Morgan fingerprint density at radius 1 is 1.22 bits per heavy atom. The van der Waals surface area contributed by atoms with Crippen LogP contribution in [0.5, 0.6) is 0 Å². The highest BCUT2D eigenvalue weighted by Gasteiger charge is 2.22. The largest absolute Gasteiger partial charge is 0.452 e. The van der Waals surface area contributed by atoms with Crippen LogP contribution in [-0.2, 0) is 9.53 Å². The average Bonchev–Trinajstić information content (AvgIpc) is 3.15. The van der Waals surface area contributed by atoms with E-state index in [2.05, 4.69) is 4.98 Å². The zero-order chi connectivity index (χ0) is 19.4. The van der Waals surface area contributed by atoms with Gasteiger partial charge in [-0.15, -0.1) is 11.3 Å². The van der Waals surface area contributed by atoms with Gasteiger partial charge in [0.15, 0.2) is 6.61 Å². The van der Waals surface area contributed by atoms with Gasteiger partial charge in [0.05, 0.1) is 33.5 Å². The van der Waals surface area contributed by atoms with Crippen LogP contribution in [0.1, 0.15) is 33.9 Å². The minimum atomic E-state index is -0.603. The Balaban J connectivity index is 1.61. The number of carbonyl (C=O) groups is 2. The molecule has 7 heteroatoms. The van der Waals surface area contributed by atoms with Crippen LogP contribution in [-0.4, -0.2) is 35.4 Å². The van der Waals surface area contributed by atoms with Crippen LogP contribution in [0.25, 0.3) is 10.2 Å². The third kappa shape index (κ3) is 4.13. The summed E-state index contributed by atoms with van der Waals surface area (Å²) in [5, 5.41) is 9.60. The van der Waals surface area contributed by atoms with E-state index < -0.39 is 5.97 Å². The van der Waals surface area contributed by atoms with Crippen molar-refractivity contribution in [2.75, 3.05) is 13.7 Å². The molecule has 1 heterocycles. The number of amides is 1. The lowest BCUT2D eigenvalue weighted by atomic mass is 10.1. The number of thiazole rings is 1. The fourth-order valence-electron chi connectivity index (χ4n) is 2.44. The van der Waals surface area contributed by atoms with Gasteiger partial charge in [0.1, 0.15) is 5.01 Å². The minimum absolute atomic E-state index is 0.233. The van der Waals surface area contributed by atoms with Crippen LogP contribution >= 0.6 is 11.3 Å². The zero-order valence-electron chi connectivity index (χ0n) is 14.9. The molecule has 0 fully saturated rings. The van der Waals surface area contributed by atoms with Gasteiger partial charge >= 0.3 is 5.97 Å². The maximum absolute atomic E-state index is 12.4. The summed E-state index contributed by atoms with van der Waals surface area (Å²) in [5.41, 5.74) is 1.65. The highest BCUT2D eigenvalue weighted by atomic mass is 32.1. The third-order valence-electron chi connectivity index (χ3n) is 4.22. The number of nitrogens with zero attached hydrogens (tertiary/aromatic N) is 3. The van der Waals surface area contributed by atoms with Crippen LogP contribution in [0, 0.1) is 11.3 Å². The van der Waals surface area contributed by atoms with Gasteiger partial charge in [-0.05, 0) is 43.3 Å². The smallest absolute Gasteiger partial charge is 0.338 e. The molecule has 3 aromatic rings. The predicted octanol–water partition coefficient (Wildman–Crippen LogP) is 3.54. The Labute approximate surface area is 160 Å². The Morgan fingerprint density at radius 3 is 2.59 bits per heavy atom. The van der Waals surface area contributed by atoms with Crippen LogP contribution < -0.4 is 0 Å². The van der Waals surface area contributed by atoms with Gasteiger partial charge < -0.3 is 9.64 Å². The van der Waals surface area contributed by atoms with E-state index in [0.717, 1.165) is 15.2 Å². The van der Waals surface area contributed by atoms with E-state index in [0.29, 0.717) is 11.1 Å².